The van der Waals surface area contributed by atoms with Crippen molar-refractivity contribution in [2.45, 2.75) is 25.3 Å². The number of sulfonamides is 1. The second-order valence-electron chi connectivity index (χ2n) is 4.66. The summed E-state index contributed by atoms with van der Waals surface area (Å²) in [6.07, 6.45) is 2.43. The monoisotopic (exact) mass is 353 g/mol. The zero-order valence-corrected chi connectivity index (χ0v) is 14.7. The predicted octanol–water partition coefficient (Wildman–Crippen LogP) is -0.456. The fourth-order valence-electron chi connectivity index (χ4n) is 1.54. The van der Waals surface area contributed by atoms with Gasteiger partial charge in [-0.1, -0.05) is 6.92 Å². The molecule has 0 radical (unpaired) electrons. The smallest absolute Gasteiger partial charge is 0.260 e. The molecule has 1 heterocycles. The third kappa shape index (κ3) is 6.73. The summed E-state index contributed by atoms with van der Waals surface area (Å²) in [5.41, 5.74) is 0. The van der Waals surface area contributed by atoms with Gasteiger partial charge in [-0.2, -0.15) is 0 Å². The van der Waals surface area contributed by atoms with Gasteiger partial charge in [-0.15, -0.1) is 12.4 Å². The lowest BCUT2D eigenvalue weighted by Crippen LogP contribution is -2.39. The molecule has 0 saturated carbocycles. The summed E-state index contributed by atoms with van der Waals surface area (Å²) in [5, 5.41) is 5.68. The Balaban J connectivity index is 0.00000441. The van der Waals surface area contributed by atoms with E-state index >= 15 is 0 Å². The summed E-state index contributed by atoms with van der Waals surface area (Å²) in [5.74, 6) is 0.214. The van der Waals surface area contributed by atoms with Gasteiger partial charge in [0.2, 0.25) is 5.91 Å². The number of amides is 1. The fraction of sp³-hybridized carbons (Fsp3) is 0.667. The quantitative estimate of drug-likeness (QED) is 0.521. The van der Waals surface area contributed by atoms with E-state index in [1.165, 1.54) is 6.20 Å². The number of hydrogen-bond acceptors (Lipinski definition) is 5. The molecule has 0 fully saturated rings. The van der Waals surface area contributed by atoms with Gasteiger partial charge in [-0.05, 0) is 19.9 Å². The van der Waals surface area contributed by atoms with Gasteiger partial charge in [0.15, 0.2) is 5.03 Å². The molecule has 1 aromatic rings. The van der Waals surface area contributed by atoms with E-state index in [-0.39, 0.29) is 29.9 Å². The Morgan fingerprint density at radius 2 is 2.00 bits per heavy atom. The number of carbonyl (C=O) groups is 1. The Labute approximate surface area is 137 Å². The molecule has 8 nitrogen and oxygen atoms in total. The van der Waals surface area contributed by atoms with Crippen molar-refractivity contribution in [3.8, 4) is 0 Å². The Morgan fingerprint density at radius 1 is 1.32 bits per heavy atom. The highest BCUT2D eigenvalue weighted by molar-refractivity contribution is 7.89. The van der Waals surface area contributed by atoms with Gasteiger partial charge in [0.25, 0.3) is 10.0 Å². The van der Waals surface area contributed by atoms with Gasteiger partial charge in [0.1, 0.15) is 5.82 Å². The standard InChI is InChI=1S/C12H23N5O3S.ClH/c1-4-5-13-6-7-14-11(18)8-15-21(19,20)12-9-17(3)10(2)16-12;/h9,13,15H,4-8H2,1-3H3,(H,14,18);1H. The van der Waals surface area contributed by atoms with E-state index in [9.17, 15) is 13.2 Å². The minimum Gasteiger partial charge on any atom is -0.354 e. The number of aromatic nitrogens is 2. The summed E-state index contributed by atoms with van der Waals surface area (Å²) >= 11 is 0. The number of halogens is 1. The summed E-state index contributed by atoms with van der Waals surface area (Å²) in [6.45, 7) is 5.47. The van der Waals surface area contributed by atoms with Crippen LogP contribution in [-0.4, -0.2) is 50.1 Å². The first kappa shape index (κ1) is 20.8. The van der Waals surface area contributed by atoms with Crippen LogP contribution in [0, 0.1) is 6.92 Å². The van der Waals surface area contributed by atoms with Crippen LogP contribution in [0.25, 0.3) is 0 Å². The minimum atomic E-state index is -3.75. The van der Waals surface area contributed by atoms with Crippen molar-refractivity contribution in [2.24, 2.45) is 7.05 Å². The van der Waals surface area contributed by atoms with Crippen LogP contribution >= 0.6 is 12.4 Å². The summed E-state index contributed by atoms with van der Waals surface area (Å²) in [4.78, 5) is 15.5. The van der Waals surface area contributed by atoms with E-state index in [1.54, 1.807) is 18.5 Å². The average molecular weight is 354 g/mol. The van der Waals surface area contributed by atoms with Gasteiger partial charge in [-0.3, -0.25) is 4.79 Å². The fourth-order valence-corrected chi connectivity index (χ4v) is 2.56. The van der Waals surface area contributed by atoms with Gasteiger partial charge >= 0.3 is 0 Å². The Morgan fingerprint density at radius 3 is 2.55 bits per heavy atom. The van der Waals surface area contributed by atoms with E-state index < -0.39 is 10.0 Å². The Bertz CT molecular complexity index is 554. The van der Waals surface area contributed by atoms with E-state index in [2.05, 4.69) is 27.3 Å². The third-order valence-corrected chi connectivity index (χ3v) is 4.11. The maximum absolute atomic E-state index is 11.9. The van der Waals surface area contributed by atoms with Crippen molar-refractivity contribution in [1.29, 1.82) is 0 Å². The van der Waals surface area contributed by atoms with Crippen LogP contribution in [0.4, 0.5) is 0 Å². The Kier molecular flexibility index (Phi) is 9.26. The van der Waals surface area contributed by atoms with E-state index in [4.69, 9.17) is 0 Å². The molecule has 1 rings (SSSR count). The Hall–Kier alpha value is -1.16. The molecule has 0 aromatic carbocycles. The number of nitrogens with zero attached hydrogens (tertiary/aromatic N) is 2. The first-order chi connectivity index (χ1) is 9.86. The van der Waals surface area contributed by atoms with E-state index in [1.807, 2.05) is 0 Å². The van der Waals surface area contributed by atoms with Gasteiger partial charge in [-0.25, -0.2) is 18.1 Å². The molecular weight excluding hydrogens is 330 g/mol. The molecule has 0 atom stereocenters. The first-order valence-corrected chi connectivity index (χ1v) is 8.32. The molecular formula is C12H24ClN5O3S. The largest absolute Gasteiger partial charge is 0.354 e. The number of nitrogens with one attached hydrogen (secondary N) is 3. The molecule has 0 aliphatic rings. The van der Waals surface area contributed by atoms with Crippen molar-refractivity contribution in [2.75, 3.05) is 26.2 Å². The highest BCUT2D eigenvalue weighted by atomic mass is 35.5. The van der Waals surface area contributed by atoms with Crippen molar-refractivity contribution < 1.29 is 13.2 Å². The van der Waals surface area contributed by atoms with Crippen LogP contribution in [0.5, 0.6) is 0 Å². The predicted molar refractivity (Wildman–Crippen MR) is 86.6 cm³/mol. The third-order valence-electron chi connectivity index (χ3n) is 2.84. The van der Waals surface area contributed by atoms with Crippen LogP contribution in [0.3, 0.4) is 0 Å². The van der Waals surface area contributed by atoms with Gasteiger partial charge in [0.05, 0.1) is 6.54 Å². The molecule has 0 aliphatic carbocycles. The van der Waals surface area contributed by atoms with Crippen LogP contribution in [-0.2, 0) is 21.9 Å². The molecule has 128 valence electrons. The molecule has 0 aliphatic heterocycles. The van der Waals surface area contributed by atoms with Crippen LogP contribution in [0.1, 0.15) is 19.2 Å². The molecule has 1 aromatic heterocycles. The number of imidazole rings is 1. The van der Waals surface area contributed by atoms with Crippen molar-refractivity contribution in [1.82, 2.24) is 24.9 Å². The van der Waals surface area contributed by atoms with Crippen molar-refractivity contribution in [3.63, 3.8) is 0 Å². The number of rotatable bonds is 9. The SMILES string of the molecule is CCCNCCNC(=O)CNS(=O)(=O)c1cn(C)c(C)n1.Cl. The number of aryl methyl sites for hydroxylation is 2. The summed E-state index contributed by atoms with van der Waals surface area (Å²) < 4.78 is 27.7. The maximum Gasteiger partial charge on any atom is 0.260 e. The maximum atomic E-state index is 11.9. The molecule has 3 N–H and O–H groups in total. The summed E-state index contributed by atoms with van der Waals surface area (Å²) in [7, 11) is -2.05. The van der Waals surface area contributed by atoms with Crippen LogP contribution in [0.15, 0.2) is 11.2 Å². The van der Waals surface area contributed by atoms with Crippen molar-refractivity contribution >= 4 is 28.3 Å². The molecule has 10 heteroatoms. The normalized spacial score (nSPS) is 11.0. The average Bonchev–Trinajstić information content (AvgIpc) is 2.77. The molecule has 0 saturated heterocycles. The molecule has 1 amide bonds. The first-order valence-electron chi connectivity index (χ1n) is 6.84. The molecule has 0 spiro atoms. The minimum absolute atomic E-state index is 0. The zero-order chi connectivity index (χ0) is 15.9. The zero-order valence-electron chi connectivity index (χ0n) is 13.0. The van der Waals surface area contributed by atoms with Gasteiger partial charge in [0, 0.05) is 26.3 Å². The lowest BCUT2D eigenvalue weighted by Gasteiger charge is -2.07. The van der Waals surface area contributed by atoms with Crippen molar-refractivity contribution in [3.05, 3.63) is 12.0 Å². The van der Waals surface area contributed by atoms with Crippen LogP contribution < -0.4 is 15.4 Å². The van der Waals surface area contributed by atoms with E-state index in [0.717, 1.165) is 13.0 Å². The lowest BCUT2D eigenvalue weighted by molar-refractivity contribution is -0.119. The molecule has 0 unspecified atom stereocenters. The highest BCUT2D eigenvalue weighted by Gasteiger charge is 2.19. The second kappa shape index (κ2) is 9.78. The molecule has 22 heavy (non-hydrogen) atoms. The highest BCUT2D eigenvalue weighted by Crippen LogP contribution is 2.06. The van der Waals surface area contributed by atoms with Gasteiger partial charge < -0.3 is 15.2 Å². The summed E-state index contributed by atoms with van der Waals surface area (Å²) in [6, 6.07) is 0. The molecule has 0 bridgehead atoms. The second-order valence-corrected chi connectivity index (χ2v) is 6.38. The number of hydrogen-bond donors (Lipinski definition) is 3. The number of carbonyl (C=O) groups excluding carboxylic acids is 1. The lowest BCUT2D eigenvalue weighted by atomic mass is 10.4. The van der Waals surface area contributed by atoms with E-state index in [0.29, 0.717) is 18.9 Å². The topological polar surface area (TPSA) is 105 Å². The van der Waals surface area contributed by atoms with Crippen LogP contribution in [0.2, 0.25) is 0 Å².